The van der Waals surface area contributed by atoms with E-state index in [4.69, 9.17) is 10.2 Å². The highest BCUT2D eigenvalue weighted by atomic mass is 16.3. The van der Waals surface area contributed by atoms with Gasteiger partial charge < -0.3 is 15.5 Å². The topological polar surface area (TPSA) is 68.3 Å². The predicted octanol–water partition coefficient (Wildman–Crippen LogP) is 3.13. The van der Waals surface area contributed by atoms with E-state index in [-0.39, 0.29) is 11.9 Å². The zero-order chi connectivity index (χ0) is 14.8. The number of carbonyl (C=O) groups is 1. The number of hydrogen-bond acceptors (Lipinski definition) is 3. The lowest BCUT2D eigenvalue weighted by atomic mass is 9.93. The minimum atomic E-state index is -0.805. The van der Waals surface area contributed by atoms with Gasteiger partial charge in [0.2, 0.25) is 5.91 Å². The molecular formula is C16H22N2O2. The number of furan rings is 1. The molecule has 0 aliphatic heterocycles. The van der Waals surface area contributed by atoms with E-state index in [2.05, 4.69) is 5.32 Å². The molecule has 0 aliphatic carbocycles. The lowest BCUT2D eigenvalue weighted by Crippen LogP contribution is -2.53. The molecule has 0 aliphatic rings. The fraction of sp³-hybridized carbons (Fsp3) is 0.438. The molecule has 3 N–H and O–H groups in total. The molecule has 0 fully saturated rings. The van der Waals surface area contributed by atoms with E-state index >= 15 is 0 Å². The van der Waals surface area contributed by atoms with Gasteiger partial charge in [-0.05, 0) is 31.9 Å². The first kappa shape index (κ1) is 14.6. The van der Waals surface area contributed by atoms with Crippen LogP contribution in [0.5, 0.6) is 0 Å². The van der Waals surface area contributed by atoms with Crippen molar-refractivity contribution in [2.45, 2.75) is 45.2 Å². The van der Waals surface area contributed by atoms with Crippen LogP contribution in [-0.2, 0) is 4.79 Å². The Labute approximate surface area is 119 Å². The summed E-state index contributed by atoms with van der Waals surface area (Å²) in [6.07, 6.45) is 1.23. The van der Waals surface area contributed by atoms with E-state index in [1.807, 2.05) is 51.1 Å². The van der Waals surface area contributed by atoms with Crippen molar-refractivity contribution in [3.05, 3.63) is 36.1 Å². The Balaban J connectivity index is 2.15. The summed E-state index contributed by atoms with van der Waals surface area (Å²) in [6, 6.07) is 9.55. The molecule has 1 aromatic carbocycles. The monoisotopic (exact) mass is 274 g/mol. The molecule has 1 atom stereocenters. The molecule has 0 spiro atoms. The number of fused-ring (bicyclic) bond motifs is 1. The maximum Gasteiger partial charge on any atom is 0.240 e. The SMILES string of the molecule is CCC(N)(CC)C(=O)NC(C)c1cc2ccccc2o1. The molecule has 1 heterocycles. The molecule has 2 aromatic rings. The Hall–Kier alpha value is -1.81. The molecule has 4 heteroatoms. The van der Waals surface area contributed by atoms with Crippen molar-refractivity contribution >= 4 is 16.9 Å². The summed E-state index contributed by atoms with van der Waals surface area (Å²) in [6.45, 7) is 5.76. The normalized spacial score (nSPS) is 13.4. The van der Waals surface area contributed by atoms with Gasteiger partial charge in [0.15, 0.2) is 0 Å². The van der Waals surface area contributed by atoms with Gasteiger partial charge in [-0.25, -0.2) is 0 Å². The van der Waals surface area contributed by atoms with Crippen LogP contribution in [0.15, 0.2) is 34.7 Å². The second-order valence-electron chi connectivity index (χ2n) is 5.24. The fourth-order valence-electron chi connectivity index (χ4n) is 2.20. The standard InChI is InChI=1S/C16H22N2O2/c1-4-16(17,5-2)15(19)18-11(3)14-10-12-8-6-7-9-13(12)20-14/h6-11H,4-5,17H2,1-3H3,(H,18,19). The van der Waals surface area contributed by atoms with Crippen molar-refractivity contribution in [3.63, 3.8) is 0 Å². The summed E-state index contributed by atoms with van der Waals surface area (Å²) in [5.41, 5.74) is 6.12. The largest absolute Gasteiger partial charge is 0.459 e. The molecule has 1 aromatic heterocycles. The van der Waals surface area contributed by atoms with Gasteiger partial charge in [0.05, 0.1) is 11.6 Å². The molecule has 108 valence electrons. The van der Waals surface area contributed by atoms with E-state index in [0.717, 1.165) is 16.7 Å². The van der Waals surface area contributed by atoms with Crippen LogP contribution in [0.4, 0.5) is 0 Å². The van der Waals surface area contributed by atoms with Crippen LogP contribution in [0.3, 0.4) is 0 Å². The van der Waals surface area contributed by atoms with Crippen molar-refractivity contribution in [3.8, 4) is 0 Å². The lowest BCUT2D eigenvalue weighted by molar-refractivity contribution is -0.127. The van der Waals surface area contributed by atoms with Crippen LogP contribution in [0.1, 0.15) is 45.4 Å². The van der Waals surface area contributed by atoms with Crippen molar-refractivity contribution < 1.29 is 9.21 Å². The summed E-state index contributed by atoms with van der Waals surface area (Å²) < 4.78 is 5.76. The Morgan fingerprint density at radius 3 is 2.60 bits per heavy atom. The van der Waals surface area contributed by atoms with Crippen LogP contribution in [0.25, 0.3) is 11.0 Å². The van der Waals surface area contributed by atoms with Gasteiger partial charge in [-0.15, -0.1) is 0 Å². The second kappa shape index (κ2) is 5.67. The van der Waals surface area contributed by atoms with E-state index in [0.29, 0.717) is 12.8 Å². The molecule has 0 saturated heterocycles. The van der Waals surface area contributed by atoms with Gasteiger partial charge >= 0.3 is 0 Å². The van der Waals surface area contributed by atoms with Crippen LogP contribution >= 0.6 is 0 Å². The maximum atomic E-state index is 12.2. The highest BCUT2D eigenvalue weighted by Crippen LogP contribution is 2.24. The van der Waals surface area contributed by atoms with Gasteiger partial charge in [0.1, 0.15) is 11.3 Å². The van der Waals surface area contributed by atoms with Crippen molar-refractivity contribution in [2.75, 3.05) is 0 Å². The van der Waals surface area contributed by atoms with E-state index in [1.54, 1.807) is 0 Å². The Bertz CT molecular complexity index is 566. The number of nitrogens with one attached hydrogen (secondary N) is 1. The highest BCUT2D eigenvalue weighted by Gasteiger charge is 2.31. The average Bonchev–Trinajstić information content (AvgIpc) is 2.90. The van der Waals surface area contributed by atoms with Crippen molar-refractivity contribution in [2.24, 2.45) is 5.73 Å². The van der Waals surface area contributed by atoms with Gasteiger partial charge in [-0.2, -0.15) is 0 Å². The molecule has 20 heavy (non-hydrogen) atoms. The zero-order valence-electron chi connectivity index (χ0n) is 12.3. The second-order valence-corrected chi connectivity index (χ2v) is 5.24. The molecule has 2 rings (SSSR count). The van der Waals surface area contributed by atoms with E-state index in [1.165, 1.54) is 0 Å². The first-order valence-electron chi connectivity index (χ1n) is 7.08. The number of amides is 1. The zero-order valence-corrected chi connectivity index (χ0v) is 12.3. The third-order valence-electron chi connectivity index (χ3n) is 3.93. The van der Waals surface area contributed by atoms with E-state index < -0.39 is 5.54 Å². The number of rotatable bonds is 5. The highest BCUT2D eigenvalue weighted by molar-refractivity contribution is 5.86. The first-order chi connectivity index (χ1) is 9.50. The Morgan fingerprint density at radius 1 is 1.35 bits per heavy atom. The first-order valence-corrected chi connectivity index (χ1v) is 7.08. The minimum absolute atomic E-state index is 0.129. The summed E-state index contributed by atoms with van der Waals surface area (Å²) in [4.78, 5) is 12.2. The summed E-state index contributed by atoms with van der Waals surface area (Å²) in [5.74, 6) is 0.615. The number of para-hydroxylation sites is 1. The maximum absolute atomic E-state index is 12.2. The van der Waals surface area contributed by atoms with Crippen LogP contribution in [0, 0.1) is 0 Å². The minimum Gasteiger partial charge on any atom is -0.459 e. The number of benzene rings is 1. The number of nitrogens with two attached hydrogens (primary N) is 1. The Morgan fingerprint density at radius 2 is 2.00 bits per heavy atom. The van der Waals surface area contributed by atoms with Crippen molar-refractivity contribution in [1.29, 1.82) is 0 Å². The number of carbonyl (C=O) groups excluding carboxylic acids is 1. The van der Waals surface area contributed by atoms with Crippen molar-refractivity contribution in [1.82, 2.24) is 5.32 Å². The van der Waals surface area contributed by atoms with Crippen LogP contribution in [0.2, 0.25) is 0 Å². The Kier molecular flexibility index (Phi) is 4.14. The number of hydrogen-bond donors (Lipinski definition) is 2. The van der Waals surface area contributed by atoms with Crippen LogP contribution < -0.4 is 11.1 Å². The molecule has 1 amide bonds. The average molecular weight is 274 g/mol. The quantitative estimate of drug-likeness (QED) is 0.880. The lowest BCUT2D eigenvalue weighted by Gasteiger charge is -2.26. The fourth-order valence-corrected chi connectivity index (χ4v) is 2.20. The third-order valence-corrected chi connectivity index (χ3v) is 3.93. The summed E-state index contributed by atoms with van der Waals surface area (Å²) >= 11 is 0. The molecule has 1 unspecified atom stereocenters. The third kappa shape index (κ3) is 2.70. The molecule has 0 bridgehead atoms. The van der Waals surface area contributed by atoms with Crippen LogP contribution in [-0.4, -0.2) is 11.4 Å². The van der Waals surface area contributed by atoms with Gasteiger partial charge in [-0.1, -0.05) is 32.0 Å². The predicted molar refractivity (Wildman–Crippen MR) is 80.3 cm³/mol. The van der Waals surface area contributed by atoms with Gasteiger partial charge in [0.25, 0.3) is 0 Å². The smallest absolute Gasteiger partial charge is 0.240 e. The summed E-state index contributed by atoms with van der Waals surface area (Å²) in [7, 11) is 0. The van der Waals surface area contributed by atoms with Gasteiger partial charge in [-0.3, -0.25) is 4.79 Å². The summed E-state index contributed by atoms with van der Waals surface area (Å²) in [5, 5.41) is 3.98. The van der Waals surface area contributed by atoms with Gasteiger partial charge in [0, 0.05) is 5.39 Å². The molecule has 0 saturated carbocycles. The molecular weight excluding hydrogens is 252 g/mol. The molecule has 4 nitrogen and oxygen atoms in total. The molecule has 0 radical (unpaired) electrons. The van der Waals surface area contributed by atoms with E-state index in [9.17, 15) is 4.79 Å².